The summed E-state index contributed by atoms with van der Waals surface area (Å²) in [6.45, 7) is 2.05. The topological polar surface area (TPSA) is 12.0 Å². The average molecular weight is 281 g/mol. The lowest BCUT2D eigenvalue weighted by Crippen LogP contribution is -2.25. The molecule has 0 aromatic heterocycles. The molecule has 1 unspecified atom stereocenters. The van der Waals surface area contributed by atoms with Crippen LogP contribution in [0.3, 0.4) is 0 Å². The molecule has 0 aliphatic heterocycles. The van der Waals surface area contributed by atoms with E-state index in [-0.39, 0.29) is 35.9 Å². The van der Waals surface area contributed by atoms with E-state index in [9.17, 15) is 17.6 Å². The predicted octanol–water partition coefficient (Wildman–Crippen LogP) is 4.12. The number of rotatable bonds is 6. The van der Waals surface area contributed by atoms with Crippen LogP contribution in [0.4, 0.5) is 17.6 Å². The molecule has 0 bridgehead atoms. The zero-order valence-electron chi connectivity index (χ0n) is 9.93. The molecule has 0 spiro atoms. The minimum absolute atomic E-state index is 0.0708. The summed E-state index contributed by atoms with van der Waals surface area (Å²) in [5.41, 5.74) is -3.71. The normalized spacial score (nSPS) is 13.6. The molecule has 1 N–H and O–H groups in total. The highest BCUT2D eigenvalue weighted by Crippen LogP contribution is 2.29. The minimum Gasteiger partial charge on any atom is -0.309 e. The molecule has 0 amide bonds. The molecule has 0 saturated heterocycles. The molecule has 18 heavy (non-hydrogen) atoms. The van der Waals surface area contributed by atoms with Crippen molar-refractivity contribution >= 4 is 11.8 Å². The second kappa shape index (κ2) is 6.99. The van der Waals surface area contributed by atoms with Crippen molar-refractivity contribution in [2.24, 2.45) is 0 Å². The molecule has 0 heterocycles. The molecule has 1 rings (SSSR count). The Hall–Kier alpha value is -0.750. The van der Waals surface area contributed by atoms with Crippen LogP contribution in [0, 0.1) is 5.82 Å². The Balaban J connectivity index is 2.46. The minimum atomic E-state index is -4.21. The Kier molecular flexibility index (Phi) is 5.95. The molecule has 0 aliphatic rings. The lowest BCUT2D eigenvalue weighted by atomic mass is 10.0. The van der Waals surface area contributed by atoms with Gasteiger partial charge in [-0.15, -0.1) is 0 Å². The highest BCUT2D eigenvalue weighted by Gasteiger charge is 2.27. The number of nitrogens with one attached hydrogen (secondary N) is 1. The van der Waals surface area contributed by atoms with Gasteiger partial charge in [-0.2, -0.15) is 13.2 Å². The number of hydrogen-bond acceptors (Lipinski definition) is 2. The van der Waals surface area contributed by atoms with E-state index in [4.69, 9.17) is 0 Å². The molecule has 6 heteroatoms. The van der Waals surface area contributed by atoms with Crippen LogP contribution in [0.25, 0.3) is 0 Å². The summed E-state index contributed by atoms with van der Waals surface area (Å²) in [4.78, 5) is 0. The third-order valence-corrected chi connectivity index (χ3v) is 3.18. The van der Waals surface area contributed by atoms with Crippen molar-refractivity contribution < 1.29 is 17.6 Å². The second-order valence-corrected chi connectivity index (χ2v) is 4.89. The summed E-state index contributed by atoms with van der Waals surface area (Å²) < 4.78 is 49.3. The molecule has 0 saturated carbocycles. The van der Waals surface area contributed by atoms with E-state index in [0.29, 0.717) is 12.0 Å². The number of alkyl halides is 3. The van der Waals surface area contributed by atoms with E-state index in [0.717, 1.165) is 0 Å². The van der Waals surface area contributed by atoms with Crippen molar-refractivity contribution in [1.82, 2.24) is 5.32 Å². The highest BCUT2D eigenvalue weighted by atomic mass is 32.2. The Labute approximate surface area is 108 Å². The van der Waals surface area contributed by atoms with Gasteiger partial charge in [-0.05, 0) is 24.2 Å². The van der Waals surface area contributed by atoms with Gasteiger partial charge in [0.25, 0.3) is 0 Å². The first-order valence-corrected chi connectivity index (χ1v) is 6.61. The summed E-state index contributed by atoms with van der Waals surface area (Å²) in [7, 11) is 0. The van der Waals surface area contributed by atoms with Crippen LogP contribution in [-0.2, 0) is 0 Å². The first-order chi connectivity index (χ1) is 8.44. The largest absolute Gasteiger partial charge is 0.441 e. The summed E-state index contributed by atoms with van der Waals surface area (Å²) in [5, 5.41) is 2.94. The molecular formula is C12H15F4NS. The summed E-state index contributed by atoms with van der Waals surface area (Å²) in [6, 6.07) is 6.05. The summed E-state index contributed by atoms with van der Waals surface area (Å²) in [5.74, 6) is -0.408. The van der Waals surface area contributed by atoms with Crippen LogP contribution < -0.4 is 5.32 Å². The third kappa shape index (κ3) is 5.27. The van der Waals surface area contributed by atoms with E-state index in [1.165, 1.54) is 6.07 Å². The van der Waals surface area contributed by atoms with Gasteiger partial charge in [0.05, 0.1) is 0 Å². The number of thioether (sulfide) groups is 1. The molecule has 1 aromatic rings. The van der Waals surface area contributed by atoms with E-state index in [1.54, 1.807) is 18.2 Å². The first kappa shape index (κ1) is 15.3. The fraction of sp³-hybridized carbons (Fsp3) is 0.500. The van der Waals surface area contributed by atoms with Gasteiger partial charge in [0.1, 0.15) is 5.82 Å². The van der Waals surface area contributed by atoms with Crippen LogP contribution in [0.1, 0.15) is 24.9 Å². The summed E-state index contributed by atoms with van der Waals surface area (Å²) >= 11 is -0.0708. The molecule has 0 radical (unpaired) electrons. The molecule has 102 valence electrons. The van der Waals surface area contributed by atoms with Gasteiger partial charge < -0.3 is 5.32 Å². The van der Waals surface area contributed by atoms with Gasteiger partial charge in [0.15, 0.2) is 0 Å². The number of benzene rings is 1. The maximum absolute atomic E-state index is 13.5. The average Bonchev–Trinajstić information content (AvgIpc) is 2.29. The zero-order valence-corrected chi connectivity index (χ0v) is 10.7. The first-order valence-electron chi connectivity index (χ1n) is 5.62. The Bertz CT molecular complexity index is 367. The van der Waals surface area contributed by atoms with Crippen molar-refractivity contribution in [2.45, 2.75) is 24.9 Å². The van der Waals surface area contributed by atoms with Crippen molar-refractivity contribution in [3.63, 3.8) is 0 Å². The smallest absolute Gasteiger partial charge is 0.309 e. The summed E-state index contributed by atoms with van der Waals surface area (Å²) in [6.07, 6.45) is 0.623. The molecule has 0 aliphatic carbocycles. The Morgan fingerprint density at radius 3 is 2.50 bits per heavy atom. The fourth-order valence-corrected chi connectivity index (χ4v) is 2.08. The lowest BCUT2D eigenvalue weighted by molar-refractivity contribution is -0.0327. The Morgan fingerprint density at radius 1 is 1.28 bits per heavy atom. The maximum Gasteiger partial charge on any atom is 0.441 e. The quantitative estimate of drug-likeness (QED) is 0.622. The van der Waals surface area contributed by atoms with Gasteiger partial charge in [-0.3, -0.25) is 0 Å². The van der Waals surface area contributed by atoms with Crippen molar-refractivity contribution in [1.29, 1.82) is 0 Å². The van der Waals surface area contributed by atoms with Gasteiger partial charge in [0, 0.05) is 23.9 Å². The second-order valence-electron chi connectivity index (χ2n) is 3.73. The van der Waals surface area contributed by atoms with Crippen molar-refractivity contribution in [3.8, 4) is 0 Å². The monoisotopic (exact) mass is 281 g/mol. The SMILES string of the molecule is CCC(NCCSC(F)(F)F)c1ccccc1F. The molecule has 1 aromatic carbocycles. The van der Waals surface area contributed by atoms with E-state index >= 15 is 0 Å². The number of hydrogen-bond donors (Lipinski definition) is 1. The van der Waals surface area contributed by atoms with Gasteiger partial charge in [-0.25, -0.2) is 4.39 Å². The standard InChI is InChI=1S/C12H15F4NS/c1-2-11(9-5-3-4-6-10(9)13)17-7-8-18-12(14,15)16/h3-6,11,17H,2,7-8H2,1H3. The fourth-order valence-electron chi connectivity index (χ4n) is 1.63. The number of halogens is 4. The van der Waals surface area contributed by atoms with Crippen molar-refractivity contribution in [2.75, 3.05) is 12.3 Å². The molecular weight excluding hydrogens is 266 g/mol. The molecule has 1 nitrogen and oxygen atoms in total. The zero-order chi connectivity index (χ0) is 13.6. The van der Waals surface area contributed by atoms with Crippen LogP contribution in [0.15, 0.2) is 24.3 Å². The van der Waals surface area contributed by atoms with E-state index in [1.807, 2.05) is 6.92 Å². The Morgan fingerprint density at radius 2 is 1.94 bits per heavy atom. The van der Waals surface area contributed by atoms with Crippen LogP contribution >= 0.6 is 11.8 Å². The highest BCUT2D eigenvalue weighted by molar-refractivity contribution is 8.00. The maximum atomic E-state index is 13.5. The third-order valence-electron chi connectivity index (χ3n) is 2.45. The van der Waals surface area contributed by atoms with Crippen LogP contribution in [0.5, 0.6) is 0 Å². The lowest BCUT2D eigenvalue weighted by Gasteiger charge is -2.18. The molecule has 1 atom stereocenters. The van der Waals surface area contributed by atoms with Crippen LogP contribution in [0.2, 0.25) is 0 Å². The predicted molar refractivity (Wildman–Crippen MR) is 65.9 cm³/mol. The van der Waals surface area contributed by atoms with E-state index < -0.39 is 5.51 Å². The van der Waals surface area contributed by atoms with Gasteiger partial charge >= 0.3 is 5.51 Å². The van der Waals surface area contributed by atoms with E-state index in [2.05, 4.69) is 5.32 Å². The van der Waals surface area contributed by atoms with Crippen molar-refractivity contribution in [3.05, 3.63) is 35.6 Å². The van der Waals surface area contributed by atoms with Gasteiger partial charge in [-0.1, -0.05) is 25.1 Å². The van der Waals surface area contributed by atoms with Crippen LogP contribution in [-0.4, -0.2) is 17.8 Å². The van der Waals surface area contributed by atoms with Gasteiger partial charge in [0.2, 0.25) is 0 Å². The molecule has 0 fully saturated rings.